The second-order valence-corrected chi connectivity index (χ2v) is 2.82. The summed E-state index contributed by atoms with van der Waals surface area (Å²) in [6.45, 7) is 0. The maximum Gasteiger partial charge on any atom is 0.100 e. The lowest BCUT2D eigenvalue weighted by atomic mass is 10.1. The summed E-state index contributed by atoms with van der Waals surface area (Å²) in [6.07, 6.45) is 3.37. The predicted molar refractivity (Wildman–Crippen MR) is 41.7 cm³/mol. The first kappa shape index (κ1) is 7.65. The molecule has 0 amide bonds. The Bertz CT molecular complexity index is 245. The van der Waals surface area contributed by atoms with Crippen LogP contribution >= 0.6 is 23.2 Å². The molecule has 0 aliphatic heterocycles. The van der Waals surface area contributed by atoms with Crippen LogP contribution in [0.2, 0.25) is 0 Å². The van der Waals surface area contributed by atoms with Crippen LogP contribution < -0.4 is 0 Å². The van der Waals surface area contributed by atoms with Crippen molar-refractivity contribution in [2.24, 2.45) is 0 Å². The first-order chi connectivity index (χ1) is 4.75. The standard InChI is InChI=1S/C7H5Cl2N/c8-6-3-1-2-5(4-10)7(6)9/h2H,1,3H2. The van der Waals surface area contributed by atoms with E-state index in [9.17, 15) is 0 Å². The summed E-state index contributed by atoms with van der Waals surface area (Å²) in [5.74, 6) is 0. The minimum atomic E-state index is 0.412. The average Bonchev–Trinajstić information content (AvgIpc) is 1.95. The highest BCUT2D eigenvalue weighted by atomic mass is 35.5. The third-order valence-electron chi connectivity index (χ3n) is 1.31. The molecule has 0 spiro atoms. The number of allylic oxidation sites excluding steroid dienone is 4. The Hall–Kier alpha value is -0.450. The molecule has 1 aliphatic rings. The highest BCUT2D eigenvalue weighted by Crippen LogP contribution is 2.29. The molecule has 1 nitrogen and oxygen atoms in total. The molecule has 0 saturated heterocycles. The van der Waals surface area contributed by atoms with Crippen molar-refractivity contribution in [1.82, 2.24) is 0 Å². The molecule has 0 atom stereocenters. The zero-order valence-electron chi connectivity index (χ0n) is 5.19. The Balaban J connectivity index is 2.97. The van der Waals surface area contributed by atoms with Crippen molar-refractivity contribution in [2.75, 3.05) is 0 Å². The summed E-state index contributed by atoms with van der Waals surface area (Å²) >= 11 is 11.4. The number of nitriles is 1. The van der Waals surface area contributed by atoms with E-state index < -0.39 is 0 Å². The van der Waals surface area contributed by atoms with Gasteiger partial charge in [-0.25, -0.2) is 0 Å². The summed E-state index contributed by atoms with van der Waals surface area (Å²) < 4.78 is 0. The fraction of sp³-hybridized carbons (Fsp3) is 0.286. The van der Waals surface area contributed by atoms with Crippen LogP contribution in [0.5, 0.6) is 0 Å². The van der Waals surface area contributed by atoms with Crippen molar-refractivity contribution in [3.05, 3.63) is 21.7 Å². The van der Waals surface area contributed by atoms with Crippen molar-refractivity contribution in [3.8, 4) is 6.07 Å². The van der Waals surface area contributed by atoms with Crippen molar-refractivity contribution in [1.29, 1.82) is 5.26 Å². The minimum Gasteiger partial charge on any atom is -0.192 e. The van der Waals surface area contributed by atoms with Gasteiger partial charge in [-0.1, -0.05) is 29.3 Å². The first-order valence-electron chi connectivity index (χ1n) is 2.90. The molecule has 0 N–H and O–H groups in total. The average molecular weight is 174 g/mol. The van der Waals surface area contributed by atoms with Crippen LogP contribution in [0.25, 0.3) is 0 Å². The monoisotopic (exact) mass is 173 g/mol. The van der Waals surface area contributed by atoms with Gasteiger partial charge in [-0.15, -0.1) is 0 Å². The third kappa shape index (κ3) is 1.34. The van der Waals surface area contributed by atoms with Crippen LogP contribution in [-0.4, -0.2) is 0 Å². The molecular weight excluding hydrogens is 169 g/mol. The van der Waals surface area contributed by atoms with Gasteiger partial charge in [0.05, 0.1) is 10.6 Å². The quantitative estimate of drug-likeness (QED) is 0.553. The van der Waals surface area contributed by atoms with Gasteiger partial charge in [-0.05, 0) is 12.8 Å². The number of halogens is 2. The topological polar surface area (TPSA) is 23.8 Å². The molecule has 0 fully saturated rings. The van der Waals surface area contributed by atoms with Crippen LogP contribution in [0.1, 0.15) is 12.8 Å². The fourth-order valence-corrected chi connectivity index (χ4v) is 1.21. The van der Waals surface area contributed by atoms with Crippen molar-refractivity contribution in [3.63, 3.8) is 0 Å². The summed E-state index contributed by atoms with van der Waals surface area (Å²) in [6, 6.07) is 1.97. The Morgan fingerprint density at radius 3 is 2.70 bits per heavy atom. The van der Waals surface area contributed by atoms with Gasteiger partial charge in [0.15, 0.2) is 0 Å². The Morgan fingerprint density at radius 2 is 2.20 bits per heavy atom. The number of hydrogen-bond donors (Lipinski definition) is 0. The smallest absolute Gasteiger partial charge is 0.100 e. The first-order valence-corrected chi connectivity index (χ1v) is 3.66. The second-order valence-electron chi connectivity index (χ2n) is 1.99. The van der Waals surface area contributed by atoms with E-state index in [1.807, 2.05) is 6.07 Å². The largest absolute Gasteiger partial charge is 0.192 e. The predicted octanol–water partition coefficient (Wildman–Crippen LogP) is 2.92. The van der Waals surface area contributed by atoms with E-state index in [1.54, 1.807) is 6.08 Å². The number of hydrogen-bond acceptors (Lipinski definition) is 1. The van der Waals surface area contributed by atoms with Gasteiger partial charge < -0.3 is 0 Å². The minimum absolute atomic E-state index is 0.412. The van der Waals surface area contributed by atoms with Gasteiger partial charge in [-0.2, -0.15) is 5.26 Å². The SMILES string of the molecule is N#CC1=CCCC(Cl)=C1Cl. The van der Waals surface area contributed by atoms with Gasteiger partial charge in [-0.3, -0.25) is 0 Å². The Morgan fingerprint density at radius 1 is 1.50 bits per heavy atom. The molecular formula is C7H5Cl2N. The zero-order chi connectivity index (χ0) is 7.56. The Kier molecular flexibility index (Phi) is 2.37. The Labute approximate surface area is 69.5 Å². The van der Waals surface area contributed by atoms with E-state index in [-0.39, 0.29) is 0 Å². The molecule has 52 valence electrons. The molecule has 0 bridgehead atoms. The maximum absolute atomic E-state index is 8.48. The molecule has 0 radical (unpaired) electrons. The lowest BCUT2D eigenvalue weighted by Crippen LogP contribution is -1.90. The van der Waals surface area contributed by atoms with E-state index >= 15 is 0 Å². The van der Waals surface area contributed by atoms with Gasteiger partial charge in [0.1, 0.15) is 6.07 Å². The zero-order valence-corrected chi connectivity index (χ0v) is 6.71. The fourth-order valence-electron chi connectivity index (χ4n) is 0.783. The summed E-state index contributed by atoms with van der Waals surface area (Å²) in [5.41, 5.74) is 0.498. The molecule has 1 rings (SSSR count). The van der Waals surface area contributed by atoms with Crippen LogP contribution in [-0.2, 0) is 0 Å². The van der Waals surface area contributed by atoms with E-state index in [0.29, 0.717) is 15.6 Å². The van der Waals surface area contributed by atoms with Crippen LogP contribution in [0, 0.1) is 11.3 Å². The van der Waals surface area contributed by atoms with Crippen molar-refractivity contribution >= 4 is 23.2 Å². The molecule has 0 unspecified atom stereocenters. The second kappa shape index (κ2) is 3.09. The molecule has 1 aliphatic carbocycles. The summed E-state index contributed by atoms with van der Waals surface area (Å²) in [7, 11) is 0. The highest BCUT2D eigenvalue weighted by Gasteiger charge is 2.11. The van der Waals surface area contributed by atoms with E-state index in [2.05, 4.69) is 0 Å². The molecule has 0 aromatic carbocycles. The summed E-state index contributed by atoms with van der Waals surface area (Å²) in [4.78, 5) is 0. The van der Waals surface area contributed by atoms with Gasteiger partial charge >= 0.3 is 0 Å². The van der Waals surface area contributed by atoms with Gasteiger partial charge in [0.2, 0.25) is 0 Å². The molecule has 0 heterocycles. The normalized spacial score (nSPS) is 18.3. The summed E-state index contributed by atoms with van der Waals surface area (Å²) in [5, 5.41) is 9.49. The third-order valence-corrected chi connectivity index (χ3v) is 2.21. The van der Waals surface area contributed by atoms with Crippen molar-refractivity contribution < 1.29 is 0 Å². The van der Waals surface area contributed by atoms with Crippen LogP contribution in [0.4, 0.5) is 0 Å². The molecule has 0 aromatic heterocycles. The van der Waals surface area contributed by atoms with Gasteiger partial charge in [0, 0.05) is 5.03 Å². The lowest BCUT2D eigenvalue weighted by molar-refractivity contribution is 1.00. The number of nitrogens with zero attached hydrogens (tertiary/aromatic N) is 1. The number of rotatable bonds is 0. The van der Waals surface area contributed by atoms with Gasteiger partial charge in [0.25, 0.3) is 0 Å². The maximum atomic E-state index is 8.48. The molecule has 0 aromatic rings. The van der Waals surface area contributed by atoms with Crippen molar-refractivity contribution in [2.45, 2.75) is 12.8 Å². The van der Waals surface area contributed by atoms with Crippen LogP contribution in [0.15, 0.2) is 21.7 Å². The van der Waals surface area contributed by atoms with Crippen LogP contribution in [0.3, 0.4) is 0 Å². The molecule has 10 heavy (non-hydrogen) atoms. The van der Waals surface area contributed by atoms with E-state index in [4.69, 9.17) is 28.5 Å². The lowest BCUT2D eigenvalue weighted by Gasteiger charge is -2.06. The van der Waals surface area contributed by atoms with E-state index in [0.717, 1.165) is 12.8 Å². The molecule has 3 heteroatoms. The van der Waals surface area contributed by atoms with E-state index in [1.165, 1.54) is 0 Å². The highest BCUT2D eigenvalue weighted by molar-refractivity contribution is 6.41. The molecule has 0 saturated carbocycles.